The zero-order valence-electron chi connectivity index (χ0n) is 8.63. The van der Waals surface area contributed by atoms with Crippen LogP contribution in [-0.2, 0) is 9.47 Å². The predicted octanol–water partition coefficient (Wildman–Crippen LogP) is 1.65. The Morgan fingerprint density at radius 3 is 2.47 bits per heavy atom. The van der Waals surface area contributed by atoms with Gasteiger partial charge >= 0.3 is 12.3 Å². The van der Waals surface area contributed by atoms with Crippen molar-refractivity contribution in [3.63, 3.8) is 0 Å². The van der Waals surface area contributed by atoms with Gasteiger partial charge in [-0.05, 0) is 6.42 Å². The summed E-state index contributed by atoms with van der Waals surface area (Å²) in [5, 5.41) is 0. The molecule has 0 aromatic rings. The fraction of sp³-hybridized carbons (Fsp3) is 0.875. The zero-order chi connectivity index (χ0) is 11.9. The predicted molar refractivity (Wildman–Crippen MR) is 46.5 cm³/mol. The molecule has 1 amide bonds. The third kappa shape index (κ3) is 8.04. The second kappa shape index (κ2) is 6.49. The Morgan fingerprint density at radius 2 is 2.00 bits per heavy atom. The van der Waals surface area contributed by atoms with Crippen molar-refractivity contribution in [3.05, 3.63) is 0 Å². The molecular weight excluding hydrogens is 215 g/mol. The lowest BCUT2D eigenvalue weighted by Gasteiger charge is -2.17. The van der Waals surface area contributed by atoms with Gasteiger partial charge in [0.15, 0.2) is 6.61 Å². The van der Waals surface area contributed by atoms with Gasteiger partial charge in [0.05, 0.1) is 0 Å². The van der Waals surface area contributed by atoms with Crippen LogP contribution >= 0.6 is 0 Å². The van der Waals surface area contributed by atoms with Crippen LogP contribution < -0.4 is 0 Å². The fourth-order valence-corrected chi connectivity index (χ4v) is 0.791. The molecule has 0 rings (SSSR count). The number of rotatable bonds is 5. The molecule has 15 heavy (non-hydrogen) atoms. The van der Waals surface area contributed by atoms with Crippen LogP contribution in [0.4, 0.5) is 18.0 Å². The van der Waals surface area contributed by atoms with Crippen LogP contribution in [0.25, 0.3) is 0 Å². The molecule has 0 unspecified atom stereocenters. The van der Waals surface area contributed by atoms with E-state index < -0.39 is 18.9 Å². The highest BCUT2D eigenvalue weighted by atomic mass is 19.4. The van der Waals surface area contributed by atoms with Gasteiger partial charge in [0, 0.05) is 27.3 Å². The highest BCUT2D eigenvalue weighted by Gasteiger charge is 2.30. The second-order valence-corrected chi connectivity index (χ2v) is 2.94. The van der Waals surface area contributed by atoms with Crippen molar-refractivity contribution in [3.8, 4) is 0 Å². The first-order valence-corrected chi connectivity index (χ1v) is 4.30. The van der Waals surface area contributed by atoms with Crippen molar-refractivity contribution >= 4 is 6.09 Å². The number of amides is 1. The topological polar surface area (TPSA) is 38.8 Å². The van der Waals surface area contributed by atoms with Crippen molar-refractivity contribution in [1.29, 1.82) is 0 Å². The van der Waals surface area contributed by atoms with Gasteiger partial charge in [0.1, 0.15) is 0 Å². The van der Waals surface area contributed by atoms with Crippen LogP contribution in [0.3, 0.4) is 0 Å². The third-order valence-corrected chi connectivity index (χ3v) is 1.51. The van der Waals surface area contributed by atoms with E-state index in [1.165, 1.54) is 14.2 Å². The molecule has 0 heterocycles. The van der Waals surface area contributed by atoms with E-state index in [0.29, 0.717) is 19.6 Å². The first kappa shape index (κ1) is 14.0. The molecule has 0 aromatic carbocycles. The van der Waals surface area contributed by atoms with E-state index >= 15 is 0 Å². The Bertz CT molecular complexity index is 196. The summed E-state index contributed by atoms with van der Waals surface area (Å²) < 4.78 is 43.8. The number of carbonyl (C=O) groups is 1. The highest BCUT2D eigenvalue weighted by molar-refractivity contribution is 5.67. The van der Waals surface area contributed by atoms with E-state index in [1.807, 2.05) is 0 Å². The first-order chi connectivity index (χ1) is 6.87. The van der Waals surface area contributed by atoms with E-state index in [0.717, 1.165) is 4.90 Å². The average Bonchev–Trinajstić information content (AvgIpc) is 2.13. The van der Waals surface area contributed by atoms with Gasteiger partial charge in [-0.1, -0.05) is 0 Å². The van der Waals surface area contributed by atoms with Crippen LogP contribution in [0.5, 0.6) is 0 Å². The van der Waals surface area contributed by atoms with Crippen molar-refractivity contribution in [2.75, 3.05) is 33.9 Å². The third-order valence-electron chi connectivity index (χ3n) is 1.51. The van der Waals surface area contributed by atoms with Gasteiger partial charge in [0.2, 0.25) is 0 Å². The number of ether oxygens (including phenoxy) is 2. The molecule has 0 radical (unpaired) electrons. The van der Waals surface area contributed by atoms with Crippen molar-refractivity contribution < 1.29 is 27.4 Å². The summed E-state index contributed by atoms with van der Waals surface area (Å²) in [5.41, 5.74) is 0. The van der Waals surface area contributed by atoms with E-state index in [-0.39, 0.29) is 0 Å². The minimum Gasteiger partial charge on any atom is -0.440 e. The molecule has 0 aliphatic carbocycles. The maximum Gasteiger partial charge on any atom is 0.422 e. The molecule has 4 nitrogen and oxygen atoms in total. The maximum absolute atomic E-state index is 11.7. The summed E-state index contributed by atoms with van der Waals surface area (Å²) >= 11 is 0. The summed E-state index contributed by atoms with van der Waals surface area (Å²) in [6.45, 7) is -0.818. The van der Waals surface area contributed by atoms with E-state index in [4.69, 9.17) is 4.74 Å². The van der Waals surface area contributed by atoms with Crippen LogP contribution in [-0.4, -0.2) is 51.1 Å². The largest absolute Gasteiger partial charge is 0.440 e. The minimum absolute atomic E-state index is 0.296. The van der Waals surface area contributed by atoms with Crippen LogP contribution in [0.2, 0.25) is 0 Å². The summed E-state index contributed by atoms with van der Waals surface area (Å²) in [7, 11) is 2.87. The quantitative estimate of drug-likeness (QED) is 0.673. The summed E-state index contributed by atoms with van der Waals surface area (Å²) in [5.74, 6) is 0. The van der Waals surface area contributed by atoms with Crippen LogP contribution in [0.15, 0.2) is 0 Å². The highest BCUT2D eigenvalue weighted by Crippen LogP contribution is 2.14. The lowest BCUT2D eigenvalue weighted by atomic mass is 10.4. The van der Waals surface area contributed by atoms with Crippen LogP contribution in [0, 0.1) is 0 Å². The first-order valence-electron chi connectivity index (χ1n) is 4.30. The monoisotopic (exact) mass is 229 g/mol. The van der Waals surface area contributed by atoms with Gasteiger partial charge in [-0.3, -0.25) is 0 Å². The molecule has 0 aromatic heterocycles. The molecule has 0 aliphatic rings. The second-order valence-electron chi connectivity index (χ2n) is 2.94. The molecule has 0 N–H and O–H groups in total. The van der Waals surface area contributed by atoms with E-state index in [2.05, 4.69) is 4.74 Å². The molecule has 0 spiro atoms. The Morgan fingerprint density at radius 1 is 1.40 bits per heavy atom. The Balaban J connectivity index is 3.70. The molecule has 0 fully saturated rings. The number of hydrogen-bond donors (Lipinski definition) is 0. The summed E-state index contributed by atoms with van der Waals surface area (Å²) in [6.07, 6.45) is -4.92. The average molecular weight is 229 g/mol. The maximum atomic E-state index is 11.7. The Labute approximate surface area is 85.9 Å². The smallest absolute Gasteiger partial charge is 0.422 e. The van der Waals surface area contributed by atoms with Crippen molar-refractivity contribution in [2.24, 2.45) is 0 Å². The SMILES string of the molecule is COCCCN(C)C(=O)OCC(F)(F)F. The minimum atomic E-state index is -4.48. The Kier molecular flexibility index (Phi) is 6.07. The van der Waals surface area contributed by atoms with Gasteiger partial charge in [-0.25, -0.2) is 4.79 Å². The van der Waals surface area contributed by atoms with Gasteiger partial charge in [0.25, 0.3) is 0 Å². The molecular formula is C8H14F3NO3. The number of carbonyl (C=O) groups excluding carboxylic acids is 1. The van der Waals surface area contributed by atoms with Gasteiger partial charge < -0.3 is 14.4 Å². The standard InChI is InChI=1S/C8H14F3NO3/c1-12(4-3-5-14-2)7(13)15-6-8(9,10)11/h3-6H2,1-2H3. The number of alkyl halides is 3. The molecule has 0 saturated carbocycles. The molecule has 90 valence electrons. The molecule has 0 bridgehead atoms. The van der Waals surface area contributed by atoms with E-state index in [1.54, 1.807) is 0 Å². The number of hydrogen-bond acceptors (Lipinski definition) is 3. The fourth-order valence-electron chi connectivity index (χ4n) is 0.791. The summed E-state index contributed by atoms with van der Waals surface area (Å²) in [4.78, 5) is 12.0. The summed E-state index contributed by atoms with van der Waals surface area (Å²) in [6, 6.07) is 0. The normalized spacial score (nSPS) is 11.3. The lowest BCUT2D eigenvalue weighted by molar-refractivity contribution is -0.162. The molecule has 7 heteroatoms. The van der Waals surface area contributed by atoms with E-state index in [9.17, 15) is 18.0 Å². The number of halogens is 3. The Hall–Kier alpha value is -0.980. The number of methoxy groups -OCH3 is 1. The molecule has 0 aliphatic heterocycles. The number of nitrogens with zero attached hydrogens (tertiary/aromatic N) is 1. The van der Waals surface area contributed by atoms with Crippen molar-refractivity contribution in [1.82, 2.24) is 4.90 Å². The molecule has 0 atom stereocenters. The molecule has 0 saturated heterocycles. The lowest BCUT2D eigenvalue weighted by Crippen LogP contribution is -2.32. The van der Waals surface area contributed by atoms with Gasteiger partial charge in [-0.15, -0.1) is 0 Å². The zero-order valence-corrected chi connectivity index (χ0v) is 8.63. The van der Waals surface area contributed by atoms with Gasteiger partial charge in [-0.2, -0.15) is 13.2 Å². The van der Waals surface area contributed by atoms with Crippen LogP contribution in [0.1, 0.15) is 6.42 Å². The van der Waals surface area contributed by atoms with Crippen molar-refractivity contribution in [2.45, 2.75) is 12.6 Å².